The number of para-hydroxylation sites is 1. The van der Waals surface area contributed by atoms with Gasteiger partial charge in [0.25, 0.3) is 0 Å². The van der Waals surface area contributed by atoms with E-state index in [0.29, 0.717) is 11.1 Å². The van der Waals surface area contributed by atoms with Crippen LogP contribution in [0.3, 0.4) is 0 Å². The molecule has 0 bridgehead atoms. The average Bonchev–Trinajstić information content (AvgIpc) is 3.44. The third-order valence-corrected chi connectivity index (χ3v) is 7.08. The molecule has 4 rings (SSSR count). The van der Waals surface area contributed by atoms with Gasteiger partial charge in [0.2, 0.25) is 18.6 Å². The molecule has 0 aliphatic carbocycles. The highest BCUT2D eigenvalue weighted by atomic mass is 16.7. The molecule has 1 heterocycles. The van der Waals surface area contributed by atoms with Gasteiger partial charge in [0.1, 0.15) is 5.54 Å². The summed E-state index contributed by atoms with van der Waals surface area (Å²) in [6.45, 7) is 0.852. The summed E-state index contributed by atoms with van der Waals surface area (Å²) < 4.78 is 9.84. The maximum absolute atomic E-state index is 13.5. The zero-order valence-electron chi connectivity index (χ0n) is 24.6. The molecule has 1 aromatic heterocycles. The first-order chi connectivity index (χ1) is 21.6. The summed E-state index contributed by atoms with van der Waals surface area (Å²) in [6, 6.07) is 23.9. The molecule has 3 amide bonds. The summed E-state index contributed by atoms with van der Waals surface area (Å²) in [5, 5.41) is 18.3. The van der Waals surface area contributed by atoms with Crippen LogP contribution in [0.15, 0.2) is 91.1 Å². The zero-order chi connectivity index (χ0) is 32.2. The molecule has 0 spiro atoms. The highest BCUT2D eigenvalue weighted by Crippen LogP contribution is 2.23. The van der Waals surface area contributed by atoms with Crippen LogP contribution in [0, 0.1) is 0 Å². The van der Waals surface area contributed by atoms with Gasteiger partial charge in [-0.2, -0.15) is 0 Å². The molecule has 2 atom stereocenters. The lowest BCUT2D eigenvalue weighted by molar-refractivity contribution is -0.153. The molecule has 12 nitrogen and oxygen atoms in total. The first kappa shape index (κ1) is 32.3. The van der Waals surface area contributed by atoms with Crippen LogP contribution in [-0.2, 0) is 30.3 Å². The van der Waals surface area contributed by atoms with Gasteiger partial charge >= 0.3 is 18.0 Å². The zero-order valence-corrected chi connectivity index (χ0v) is 24.6. The van der Waals surface area contributed by atoms with Crippen LogP contribution < -0.4 is 16.0 Å². The Morgan fingerprint density at radius 2 is 1.53 bits per heavy atom. The fraction of sp³-hybridized carbons (Fsp3) is 0.242. The van der Waals surface area contributed by atoms with E-state index in [4.69, 9.17) is 9.47 Å². The number of carboxylic acid groups (broad SMARTS) is 1. The van der Waals surface area contributed by atoms with Crippen LogP contribution in [0.4, 0.5) is 4.79 Å². The van der Waals surface area contributed by atoms with Gasteiger partial charge < -0.3 is 35.5 Å². The lowest BCUT2D eigenvalue weighted by atomic mass is 9.91. The van der Waals surface area contributed by atoms with E-state index in [1.165, 1.54) is 6.92 Å². The van der Waals surface area contributed by atoms with Gasteiger partial charge in [0.15, 0.2) is 0 Å². The SMILES string of the molecule is CC(Cc1c[nH]c2ccccc12)(NC(=O)O)C(=O)NCC(NC(=O)CCC(=O)OCOC(=O)c1ccccc1)c1ccccc1. The van der Waals surface area contributed by atoms with Crippen molar-refractivity contribution in [2.24, 2.45) is 0 Å². The number of benzene rings is 3. The maximum atomic E-state index is 13.5. The van der Waals surface area contributed by atoms with Crippen molar-refractivity contribution in [1.82, 2.24) is 20.9 Å². The molecular weight excluding hydrogens is 580 g/mol. The number of aromatic amines is 1. The quantitative estimate of drug-likeness (QED) is 0.105. The van der Waals surface area contributed by atoms with Crippen molar-refractivity contribution in [3.05, 3.63) is 108 Å². The van der Waals surface area contributed by atoms with Crippen molar-refractivity contribution in [2.45, 2.75) is 37.8 Å². The number of amides is 3. The number of rotatable bonds is 14. The first-order valence-electron chi connectivity index (χ1n) is 14.2. The number of carbonyl (C=O) groups excluding carboxylic acids is 4. The van der Waals surface area contributed by atoms with Crippen molar-refractivity contribution in [3.63, 3.8) is 0 Å². The van der Waals surface area contributed by atoms with Crippen LogP contribution in [0.1, 0.15) is 47.3 Å². The molecule has 2 unspecified atom stereocenters. The Balaban J connectivity index is 1.33. The van der Waals surface area contributed by atoms with Crippen molar-refractivity contribution >= 4 is 40.7 Å². The van der Waals surface area contributed by atoms with Gasteiger partial charge in [0, 0.05) is 36.5 Å². The van der Waals surface area contributed by atoms with E-state index < -0.39 is 48.2 Å². The third-order valence-electron chi connectivity index (χ3n) is 7.08. The van der Waals surface area contributed by atoms with Crippen LogP contribution in [-0.4, -0.2) is 58.8 Å². The summed E-state index contributed by atoms with van der Waals surface area (Å²) in [5.41, 5.74) is 1.08. The smallest absolute Gasteiger partial charge is 0.405 e. The topological polar surface area (TPSA) is 176 Å². The second kappa shape index (κ2) is 15.2. The molecule has 0 fully saturated rings. The Morgan fingerprint density at radius 1 is 0.867 bits per heavy atom. The molecule has 0 saturated carbocycles. The number of esters is 2. The molecule has 0 radical (unpaired) electrons. The lowest BCUT2D eigenvalue weighted by Gasteiger charge is -2.29. The van der Waals surface area contributed by atoms with Gasteiger partial charge in [-0.05, 0) is 36.2 Å². The molecule has 3 aromatic carbocycles. The standard InChI is InChI=1S/C33H34N4O8/c1-33(37-32(42)43,18-24-19-34-26-15-9-8-14-25(24)26)31(41)35-20-27(22-10-4-2-5-11-22)36-28(38)16-17-29(39)44-21-45-30(40)23-12-6-3-7-13-23/h2-15,19,27,34,37H,16-18,20-21H2,1H3,(H,35,41)(H,36,38)(H,42,43). The molecule has 45 heavy (non-hydrogen) atoms. The summed E-state index contributed by atoms with van der Waals surface area (Å²) in [6.07, 6.45) is -0.0390. The Hall–Kier alpha value is -5.65. The minimum atomic E-state index is -1.53. The number of carbonyl (C=O) groups is 5. The first-order valence-corrected chi connectivity index (χ1v) is 14.2. The number of hydrogen-bond donors (Lipinski definition) is 5. The van der Waals surface area contributed by atoms with E-state index in [9.17, 15) is 29.1 Å². The van der Waals surface area contributed by atoms with Gasteiger partial charge in [-0.3, -0.25) is 14.4 Å². The van der Waals surface area contributed by atoms with E-state index in [-0.39, 0.29) is 25.8 Å². The molecule has 5 N–H and O–H groups in total. The summed E-state index contributed by atoms with van der Waals surface area (Å²) in [7, 11) is 0. The maximum Gasteiger partial charge on any atom is 0.405 e. The largest absolute Gasteiger partial charge is 0.465 e. The number of fused-ring (bicyclic) bond motifs is 1. The molecule has 234 valence electrons. The Labute approximate surface area is 259 Å². The highest BCUT2D eigenvalue weighted by Gasteiger charge is 2.36. The van der Waals surface area contributed by atoms with E-state index in [1.54, 1.807) is 66.9 Å². The minimum Gasteiger partial charge on any atom is -0.465 e. The second-order valence-corrected chi connectivity index (χ2v) is 10.5. The minimum absolute atomic E-state index is 0.0563. The summed E-state index contributed by atoms with van der Waals surface area (Å²) >= 11 is 0. The predicted octanol–water partition coefficient (Wildman–Crippen LogP) is 3.85. The van der Waals surface area contributed by atoms with Crippen LogP contribution in [0.25, 0.3) is 10.9 Å². The number of ether oxygens (including phenoxy) is 2. The van der Waals surface area contributed by atoms with E-state index >= 15 is 0 Å². The Kier molecular flexibility index (Phi) is 10.9. The Morgan fingerprint density at radius 3 is 2.24 bits per heavy atom. The molecular formula is C33H34N4O8. The Bertz CT molecular complexity index is 1640. The fourth-order valence-corrected chi connectivity index (χ4v) is 4.76. The number of hydrogen-bond acceptors (Lipinski definition) is 7. The second-order valence-electron chi connectivity index (χ2n) is 10.5. The molecule has 12 heteroatoms. The van der Waals surface area contributed by atoms with Crippen LogP contribution in [0.2, 0.25) is 0 Å². The van der Waals surface area contributed by atoms with Gasteiger partial charge in [-0.25, -0.2) is 9.59 Å². The van der Waals surface area contributed by atoms with Crippen molar-refractivity contribution < 1.29 is 38.6 Å². The van der Waals surface area contributed by atoms with Crippen LogP contribution in [0.5, 0.6) is 0 Å². The highest BCUT2D eigenvalue weighted by molar-refractivity contribution is 5.91. The molecule has 0 aliphatic heterocycles. The van der Waals surface area contributed by atoms with Gasteiger partial charge in [0.05, 0.1) is 18.0 Å². The number of H-pyrrole nitrogens is 1. The average molecular weight is 615 g/mol. The van der Waals surface area contributed by atoms with Crippen molar-refractivity contribution in [3.8, 4) is 0 Å². The van der Waals surface area contributed by atoms with Crippen molar-refractivity contribution in [2.75, 3.05) is 13.3 Å². The van der Waals surface area contributed by atoms with Crippen LogP contribution >= 0.6 is 0 Å². The molecule has 0 saturated heterocycles. The van der Waals surface area contributed by atoms with Gasteiger partial charge in [-0.1, -0.05) is 66.7 Å². The number of nitrogens with one attached hydrogen (secondary N) is 4. The predicted molar refractivity (Wildman–Crippen MR) is 164 cm³/mol. The third kappa shape index (κ3) is 9.17. The fourth-order valence-electron chi connectivity index (χ4n) is 4.76. The van der Waals surface area contributed by atoms with E-state index in [2.05, 4.69) is 20.9 Å². The molecule has 4 aromatic rings. The van der Waals surface area contributed by atoms with Gasteiger partial charge in [-0.15, -0.1) is 0 Å². The van der Waals surface area contributed by atoms with E-state index in [1.807, 2.05) is 24.3 Å². The molecule has 0 aliphatic rings. The lowest BCUT2D eigenvalue weighted by Crippen LogP contribution is -2.58. The normalized spacial score (nSPS) is 12.7. The monoisotopic (exact) mass is 614 g/mol. The van der Waals surface area contributed by atoms with E-state index in [0.717, 1.165) is 16.5 Å². The van der Waals surface area contributed by atoms with Crippen molar-refractivity contribution in [1.29, 1.82) is 0 Å². The number of aromatic nitrogens is 1. The summed E-state index contributed by atoms with van der Waals surface area (Å²) in [4.78, 5) is 65.2. The summed E-state index contributed by atoms with van der Waals surface area (Å²) in [5.74, 6) is -2.45.